The molecule has 200 valence electrons. The van der Waals surface area contributed by atoms with Gasteiger partial charge in [-0.05, 0) is 64.2 Å². The number of aryl methyl sites for hydroxylation is 1. The van der Waals surface area contributed by atoms with E-state index in [4.69, 9.17) is 21.3 Å². The van der Waals surface area contributed by atoms with Crippen LogP contribution in [-0.2, 0) is 22.1 Å². The van der Waals surface area contributed by atoms with Gasteiger partial charge in [-0.1, -0.05) is 41.9 Å². The van der Waals surface area contributed by atoms with Gasteiger partial charge in [0.2, 0.25) is 0 Å². The monoisotopic (exact) mass is 552 g/mol. The van der Waals surface area contributed by atoms with Gasteiger partial charge in [0.15, 0.2) is 5.15 Å². The first kappa shape index (κ1) is 26.6. The number of piperidine rings is 1. The fourth-order valence-electron chi connectivity index (χ4n) is 5.08. The molecule has 5 rings (SSSR count). The van der Waals surface area contributed by atoms with Crippen molar-refractivity contribution in [1.82, 2.24) is 19.4 Å². The number of halogens is 1. The Balaban J connectivity index is 1.44. The van der Waals surface area contributed by atoms with E-state index in [1.165, 1.54) is 0 Å². The molecule has 0 bridgehead atoms. The molecule has 1 amide bonds. The third kappa shape index (κ3) is 5.57. The molecule has 1 aliphatic heterocycles. The molecule has 3 heterocycles. The third-order valence-electron chi connectivity index (χ3n) is 7.01. The number of imidazole rings is 1. The summed E-state index contributed by atoms with van der Waals surface area (Å²) in [6, 6.07) is 15.7. The van der Waals surface area contributed by atoms with Crippen LogP contribution in [0.25, 0.3) is 33.3 Å². The molecule has 1 saturated heterocycles. The van der Waals surface area contributed by atoms with Gasteiger partial charge in [0.05, 0.1) is 11.0 Å². The van der Waals surface area contributed by atoms with Crippen molar-refractivity contribution in [1.29, 1.82) is 0 Å². The summed E-state index contributed by atoms with van der Waals surface area (Å²) in [6.07, 6.45) is 4.26. The zero-order valence-corrected chi connectivity index (χ0v) is 23.8. The summed E-state index contributed by atoms with van der Waals surface area (Å²) in [5.41, 5.74) is 2.94. The number of hydrogen-bond acceptors (Lipinski definition) is 5. The number of likely N-dealkylation sites (tertiary alicyclic amines) is 1. The normalized spacial score (nSPS) is 15.8. The van der Waals surface area contributed by atoms with Crippen LogP contribution in [-0.4, -0.2) is 54.7 Å². The van der Waals surface area contributed by atoms with Crippen LogP contribution in [0.5, 0.6) is 0 Å². The number of carbonyl (C=O) groups is 1. The van der Waals surface area contributed by atoms with Crippen molar-refractivity contribution in [3.05, 3.63) is 53.7 Å². The van der Waals surface area contributed by atoms with Crippen LogP contribution in [0.2, 0.25) is 5.15 Å². The van der Waals surface area contributed by atoms with Gasteiger partial charge >= 0.3 is 6.09 Å². The van der Waals surface area contributed by atoms with Crippen molar-refractivity contribution in [3.63, 3.8) is 0 Å². The molecule has 0 spiro atoms. The van der Waals surface area contributed by atoms with Crippen LogP contribution in [0, 0.1) is 5.92 Å². The zero-order chi connectivity index (χ0) is 27.0. The molecular formula is C29H33ClN4O3S. The summed E-state index contributed by atoms with van der Waals surface area (Å²) in [4.78, 5) is 24.6. The number of para-hydroxylation sites is 1. The summed E-state index contributed by atoms with van der Waals surface area (Å²) in [7, 11) is -1.05. The molecule has 1 atom stereocenters. The second-order valence-corrected chi connectivity index (χ2v) is 12.6. The van der Waals surface area contributed by atoms with E-state index in [-0.39, 0.29) is 6.09 Å². The average Bonchev–Trinajstić information content (AvgIpc) is 3.27. The molecule has 4 aromatic rings. The minimum Gasteiger partial charge on any atom is -0.444 e. The summed E-state index contributed by atoms with van der Waals surface area (Å²) >= 11 is 6.64. The lowest BCUT2D eigenvalue weighted by Gasteiger charge is -2.33. The Kier molecular flexibility index (Phi) is 7.47. The van der Waals surface area contributed by atoms with Crippen LogP contribution < -0.4 is 0 Å². The predicted molar refractivity (Wildman–Crippen MR) is 153 cm³/mol. The average molecular weight is 553 g/mol. The fraction of sp³-hybridized carbons (Fsp3) is 0.414. The highest BCUT2D eigenvalue weighted by molar-refractivity contribution is 7.84. The largest absolute Gasteiger partial charge is 0.444 e. The number of amides is 1. The van der Waals surface area contributed by atoms with Crippen LogP contribution in [0.3, 0.4) is 0 Å². The maximum Gasteiger partial charge on any atom is 0.410 e. The van der Waals surface area contributed by atoms with Gasteiger partial charge < -0.3 is 14.2 Å². The van der Waals surface area contributed by atoms with E-state index in [0.717, 1.165) is 58.5 Å². The Morgan fingerprint density at radius 3 is 2.42 bits per heavy atom. The van der Waals surface area contributed by atoms with Gasteiger partial charge in [-0.15, -0.1) is 0 Å². The van der Waals surface area contributed by atoms with E-state index >= 15 is 0 Å². The quantitative estimate of drug-likeness (QED) is 0.258. The molecule has 2 aromatic heterocycles. The smallest absolute Gasteiger partial charge is 0.410 e. The van der Waals surface area contributed by atoms with Gasteiger partial charge in [-0.2, -0.15) is 0 Å². The molecule has 1 fully saturated rings. The molecule has 0 N–H and O–H groups in total. The minimum absolute atomic E-state index is 0.232. The zero-order valence-electron chi connectivity index (χ0n) is 22.2. The Bertz CT molecular complexity index is 1500. The topological polar surface area (TPSA) is 77.3 Å². The lowest BCUT2D eigenvalue weighted by molar-refractivity contribution is 0.0180. The van der Waals surface area contributed by atoms with Crippen molar-refractivity contribution in [2.24, 2.45) is 5.92 Å². The van der Waals surface area contributed by atoms with E-state index in [9.17, 15) is 9.00 Å². The van der Waals surface area contributed by atoms with E-state index in [1.807, 2.05) is 68.1 Å². The van der Waals surface area contributed by atoms with Crippen LogP contribution in [0.4, 0.5) is 4.79 Å². The molecular weight excluding hydrogens is 520 g/mol. The third-order valence-corrected chi connectivity index (χ3v) is 8.21. The van der Waals surface area contributed by atoms with Gasteiger partial charge in [-0.3, -0.25) is 4.21 Å². The second-order valence-electron chi connectivity index (χ2n) is 10.9. The Hall–Kier alpha value is -2.97. The molecule has 2 aromatic carbocycles. The van der Waals surface area contributed by atoms with E-state index in [0.29, 0.717) is 29.7 Å². The lowest BCUT2D eigenvalue weighted by atomic mass is 9.93. The number of nitrogens with zero attached hydrogens (tertiary/aromatic N) is 4. The number of fused-ring (bicyclic) bond motifs is 3. The van der Waals surface area contributed by atoms with Crippen molar-refractivity contribution in [3.8, 4) is 11.4 Å². The van der Waals surface area contributed by atoms with Crippen LogP contribution >= 0.6 is 11.6 Å². The van der Waals surface area contributed by atoms with Crippen molar-refractivity contribution >= 4 is 50.4 Å². The van der Waals surface area contributed by atoms with E-state index < -0.39 is 16.4 Å². The summed E-state index contributed by atoms with van der Waals surface area (Å²) < 4.78 is 19.7. The number of carbonyl (C=O) groups excluding carboxylic acids is 1. The molecule has 1 unspecified atom stereocenters. The van der Waals surface area contributed by atoms with E-state index in [1.54, 1.807) is 6.26 Å². The van der Waals surface area contributed by atoms with Crippen LogP contribution in [0.15, 0.2) is 53.4 Å². The fourth-order valence-corrected chi connectivity index (χ4v) is 5.82. The highest BCUT2D eigenvalue weighted by Gasteiger charge is 2.27. The van der Waals surface area contributed by atoms with Crippen LogP contribution in [0.1, 0.15) is 40.0 Å². The first-order valence-electron chi connectivity index (χ1n) is 13.0. The number of aromatic nitrogens is 3. The number of rotatable bonds is 5. The molecule has 0 saturated carbocycles. The summed E-state index contributed by atoms with van der Waals surface area (Å²) in [5, 5.41) is 1.40. The molecule has 1 aliphatic rings. The highest BCUT2D eigenvalue weighted by Crippen LogP contribution is 2.35. The van der Waals surface area contributed by atoms with Crippen molar-refractivity contribution < 1.29 is 13.7 Å². The lowest BCUT2D eigenvalue weighted by Crippen LogP contribution is -2.41. The van der Waals surface area contributed by atoms with Gasteiger partial charge in [0.1, 0.15) is 16.9 Å². The molecule has 9 heteroatoms. The van der Waals surface area contributed by atoms with Gasteiger partial charge in [-0.25, -0.2) is 14.8 Å². The number of hydrogen-bond donors (Lipinski definition) is 0. The Labute approximate surface area is 230 Å². The number of benzene rings is 2. The molecule has 0 radical (unpaired) electrons. The highest BCUT2D eigenvalue weighted by atomic mass is 35.5. The number of ether oxygens (including phenoxy) is 1. The van der Waals surface area contributed by atoms with Crippen molar-refractivity contribution in [2.75, 3.05) is 19.3 Å². The first-order valence-corrected chi connectivity index (χ1v) is 14.9. The van der Waals surface area contributed by atoms with Gasteiger partial charge in [0.25, 0.3) is 0 Å². The first-order chi connectivity index (χ1) is 18.1. The molecule has 38 heavy (non-hydrogen) atoms. The maximum atomic E-state index is 12.5. The van der Waals surface area contributed by atoms with Crippen molar-refractivity contribution in [2.45, 2.75) is 57.1 Å². The minimum atomic E-state index is -1.05. The predicted octanol–water partition coefficient (Wildman–Crippen LogP) is 6.68. The van der Waals surface area contributed by atoms with E-state index in [2.05, 4.69) is 15.6 Å². The molecule has 7 nitrogen and oxygen atoms in total. The number of pyridine rings is 1. The summed E-state index contributed by atoms with van der Waals surface area (Å²) in [5.74, 6) is 1.30. The van der Waals surface area contributed by atoms with Gasteiger partial charge in [0, 0.05) is 52.5 Å². The molecule has 0 aliphatic carbocycles. The SMILES string of the molecule is CS(=O)c1ccc(-c2nc3c(Cl)nc4ccccc4c3n2CCC2CCN(C(=O)OC(C)(C)C)CC2)cc1. The second kappa shape index (κ2) is 10.7. The Morgan fingerprint density at radius 2 is 1.76 bits per heavy atom. The Morgan fingerprint density at radius 1 is 1.08 bits per heavy atom. The maximum absolute atomic E-state index is 12.5. The standard InChI is InChI=1S/C29H33ClN4O3S/c1-29(2,3)37-28(35)33-16-13-19(14-17-33)15-18-34-25-22-7-5-6-8-23(22)31-26(30)24(25)32-27(34)20-9-11-21(12-10-20)38(4)36/h5-12,19H,13-18H2,1-4H3. The summed E-state index contributed by atoms with van der Waals surface area (Å²) in [6.45, 7) is 7.84.